The van der Waals surface area contributed by atoms with E-state index in [2.05, 4.69) is 5.32 Å². The summed E-state index contributed by atoms with van der Waals surface area (Å²) in [6.07, 6.45) is 5.36. The molecule has 0 spiro atoms. The molecule has 0 aliphatic heterocycles. The van der Waals surface area contributed by atoms with Crippen LogP contribution in [0.4, 0.5) is 4.39 Å². The molecule has 0 radical (unpaired) electrons. The van der Waals surface area contributed by atoms with Gasteiger partial charge in [0.05, 0.1) is 0 Å². The molecule has 2 fully saturated rings. The van der Waals surface area contributed by atoms with Crippen molar-refractivity contribution in [3.8, 4) is 0 Å². The maximum absolute atomic E-state index is 13.4. The largest absolute Gasteiger partial charge is 0.349 e. The van der Waals surface area contributed by atoms with E-state index in [1.54, 1.807) is 0 Å². The van der Waals surface area contributed by atoms with E-state index in [0.29, 0.717) is 11.8 Å². The van der Waals surface area contributed by atoms with Crippen LogP contribution in [0.2, 0.25) is 5.02 Å². The van der Waals surface area contributed by atoms with Gasteiger partial charge in [-0.25, -0.2) is 4.39 Å². The highest BCUT2D eigenvalue weighted by Gasteiger charge is 2.39. The first-order valence-electron chi connectivity index (χ1n) is 7.55. The molecule has 2 bridgehead atoms. The molecule has 2 atom stereocenters. The Morgan fingerprint density at radius 1 is 1.24 bits per heavy atom. The van der Waals surface area contributed by atoms with Gasteiger partial charge in [-0.3, -0.25) is 4.79 Å². The van der Waals surface area contributed by atoms with E-state index >= 15 is 0 Å². The van der Waals surface area contributed by atoms with Crippen molar-refractivity contribution in [2.75, 3.05) is 0 Å². The summed E-state index contributed by atoms with van der Waals surface area (Å²) >= 11 is 5.82. The smallest absolute Gasteiger partial charge is 0.251 e. The second-order valence-electron chi connectivity index (χ2n) is 6.34. The monoisotopic (exact) mass is 310 g/mol. The minimum absolute atomic E-state index is 0.160. The first-order valence-corrected chi connectivity index (χ1v) is 7.93. The number of carbonyl (C=O) groups excluding carboxylic acids is 1. The van der Waals surface area contributed by atoms with Crippen LogP contribution in [0, 0.1) is 17.7 Å². The highest BCUT2D eigenvalue weighted by atomic mass is 35.5. The van der Waals surface area contributed by atoms with Crippen molar-refractivity contribution >= 4 is 17.5 Å². The van der Waals surface area contributed by atoms with Crippen LogP contribution in [0.3, 0.4) is 0 Å². The van der Waals surface area contributed by atoms with Crippen molar-refractivity contribution in [1.29, 1.82) is 0 Å². The molecule has 2 aliphatic carbocycles. The molecule has 2 aliphatic rings. The lowest BCUT2D eigenvalue weighted by Crippen LogP contribution is -2.53. The summed E-state index contributed by atoms with van der Waals surface area (Å²) in [5, 5.41) is 3.33. The fraction of sp³-hybridized carbons (Fsp3) is 0.562. The fourth-order valence-corrected chi connectivity index (χ4v) is 4.17. The van der Waals surface area contributed by atoms with Crippen molar-refractivity contribution < 1.29 is 9.18 Å². The second-order valence-corrected chi connectivity index (χ2v) is 6.78. The number of hydrogen-bond donors (Lipinski definition) is 2. The second kappa shape index (κ2) is 5.93. The third-order valence-electron chi connectivity index (χ3n) is 4.80. The Morgan fingerprint density at radius 2 is 1.90 bits per heavy atom. The lowest BCUT2D eigenvalue weighted by molar-refractivity contribution is 0.0755. The van der Waals surface area contributed by atoms with Gasteiger partial charge in [-0.1, -0.05) is 18.0 Å². The van der Waals surface area contributed by atoms with Gasteiger partial charge in [0, 0.05) is 22.7 Å². The summed E-state index contributed by atoms with van der Waals surface area (Å²) in [5.41, 5.74) is 6.37. The van der Waals surface area contributed by atoms with Crippen molar-refractivity contribution in [3.05, 3.63) is 34.6 Å². The zero-order chi connectivity index (χ0) is 15.0. The van der Waals surface area contributed by atoms with Crippen LogP contribution in [0.15, 0.2) is 18.2 Å². The molecular formula is C16H20ClFN2O. The number of nitrogens with one attached hydrogen (secondary N) is 1. The van der Waals surface area contributed by atoms with Gasteiger partial charge in [-0.15, -0.1) is 0 Å². The van der Waals surface area contributed by atoms with E-state index in [0.717, 1.165) is 25.7 Å². The highest BCUT2D eigenvalue weighted by molar-refractivity contribution is 6.31. The third kappa shape index (κ3) is 3.22. The van der Waals surface area contributed by atoms with Crippen molar-refractivity contribution in [2.24, 2.45) is 17.6 Å². The van der Waals surface area contributed by atoms with E-state index in [1.165, 1.54) is 24.6 Å². The van der Waals surface area contributed by atoms with Crippen LogP contribution in [0.5, 0.6) is 0 Å². The Balaban J connectivity index is 1.75. The fourth-order valence-electron chi connectivity index (χ4n) is 3.94. The zero-order valence-electron chi connectivity index (χ0n) is 11.8. The maximum atomic E-state index is 13.4. The number of nitrogens with two attached hydrogens (primary N) is 1. The number of halogens is 2. The number of rotatable bonds is 2. The minimum Gasteiger partial charge on any atom is -0.349 e. The number of hydrogen-bond acceptors (Lipinski definition) is 2. The lowest BCUT2D eigenvalue weighted by atomic mass is 9.67. The topological polar surface area (TPSA) is 55.1 Å². The van der Waals surface area contributed by atoms with E-state index < -0.39 is 5.82 Å². The first-order chi connectivity index (χ1) is 10.0. The molecule has 1 aromatic rings. The predicted molar refractivity (Wildman–Crippen MR) is 80.7 cm³/mol. The number of amides is 1. The quantitative estimate of drug-likeness (QED) is 0.882. The number of carbonyl (C=O) groups is 1. The Morgan fingerprint density at radius 3 is 2.52 bits per heavy atom. The molecule has 0 saturated heterocycles. The molecule has 2 unspecified atom stereocenters. The van der Waals surface area contributed by atoms with Crippen LogP contribution in [-0.4, -0.2) is 18.0 Å². The lowest BCUT2D eigenvalue weighted by Gasteiger charge is -2.45. The van der Waals surface area contributed by atoms with Gasteiger partial charge in [0.25, 0.3) is 5.91 Å². The standard InChI is InChI=1S/C16H20ClFN2O/c17-12-4-11(5-13(18)8-12)16(21)20-15-9-2-1-3-10(15)7-14(19)6-9/h4-5,8-10,14-15H,1-3,6-7,19H2,(H,20,21). The van der Waals surface area contributed by atoms with Crippen molar-refractivity contribution in [2.45, 2.75) is 44.2 Å². The molecular weight excluding hydrogens is 291 g/mol. The van der Waals surface area contributed by atoms with Crippen molar-refractivity contribution in [1.82, 2.24) is 5.32 Å². The van der Waals surface area contributed by atoms with E-state index in [-0.39, 0.29) is 28.6 Å². The molecule has 21 heavy (non-hydrogen) atoms. The molecule has 3 nitrogen and oxygen atoms in total. The minimum atomic E-state index is -0.487. The van der Waals surface area contributed by atoms with Gasteiger partial charge in [-0.05, 0) is 55.7 Å². The maximum Gasteiger partial charge on any atom is 0.251 e. The van der Waals surface area contributed by atoms with Gasteiger partial charge in [0.2, 0.25) is 0 Å². The van der Waals surface area contributed by atoms with Gasteiger partial charge in [0.15, 0.2) is 0 Å². The van der Waals surface area contributed by atoms with Crippen LogP contribution in [0.1, 0.15) is 42.5 Å². The van der Waals surface area contributed by atoms with E-state index in [9.17, 15) is 9.18 Å². The summed E-state index contributed by atoms with van der Waals surface area (Å²) in [6, 6.07) is 4.34. The average molecular weight is 311 g/mol. The van der Waals surface area contributed by atoms with Crippen LogP contribution in [0.25, 0.3) is 0 Å². The van der Waals surface area contributed by atoms with E-state index in [4.69, 9.17) is 17.3 Å². The van der Waals surface area contributed by atoms with Crippen LogP contribution in [-0.2, 0) is 0 Å². The SMILES string of the molecule is NC1CC2CCCC(C1)C2NC(=O)c1cc(F)cc(Cl)c1. The molecule has 1 amide bonds. The van der Waals surface area contributed by atoms with Crippen molar-refractivity contribution in [3.63, 3.8) is 0 Å². The highest BCUT2D eigenvalue weighted by Crippen LogP contribution is 2.39. The Bertz CT molecular complexity index is 517. The first kappa shape index (κ1) is 14.8. The number of fused-ring (bicyclic) bond motifs is 2. The van der Waals surface area contributed by atoms with Gasteiger partial charge >= 0.3 is 0 Å². The van der Waals surface area contributed by atoms with Crippen LogP contribution < -0.4 is 11.1 Å². The van der Waals surface area contributed by atoms with Crippen LogP contribution >= 0.6 is 11.6 Å². The molecule has 2 saturated carbocycles. The van der Waals surface area contributed by atoms with E-state index in [1.807, 2.05) is 0 Å². The van der Waals surface area contributed by atoms with Gasteiger partial charge in [0.1, 0.15) is 5.82 Å². The zero-order valence-corrected chi connectivity index (χ0v) is 12.6. The summed E-state index contributed by atoms with van der Waals surface area (Å²) in [5.74, 6) is 0.160. The summed E-state index contributed by atoms with van der Waals surface area (Å²) in [7, 11) is 0. The summed E-state index contributed by atoms with van der Waals surface area (Å²) in [6.45, 7) is 0. The molecule has 1 aromatic carbocycles. The molecule has 3 rings (SSSR count). The summed E-state index contributed by atoms with van der Waals surface area (Å²) < 4.78 is 13.4. The molecule has 114 valence electrons. The average Bonchev–Trinajstić information content (AvgIpc) is 2.38. The molecule has 0 aromatic heterocycles. The molecule has 5 heteroatoms. The predicted octanol–water partition coefficient (Wildman–Crippen LogP) is 3.11. The van der Waals surface area contributed by atoms with Gasteiger partial charge in [-0.2, -0.15) is 0 Å². The molecule has 3 N–H and O–H groups in total. The Kier molecular flexibility index (Phi) is 4.18. The Labute approximate surface area is 129 Å². The third-order valence-corrected chi connectivity index (χ3v) is 5.02. The molecule has 0 heterocycles. The summed E-state index contributed by atoms with van der Waals surface area (Å²) in [4.78, 5) is 12.4. The van der Waals surface area contributed by atoms with Gasteiger partial charge < -0.3 is 11.1 Å². The normalized spacial score (nSPS) is 31.8. The number of benzene rings is 1. The Hall–Kier alpha value is -1.13.